The Kier molecular flexibility index (Phi) is 8.63. The number of hydrazone groups is 1. The van der Waals surface area contributed by atoms with Crippen molar-refractivity contribution in [1.82, 2.24) is 9.73 Å². The van der Waals surface area contributed by atoms with E-state index in [0.717, 1.165) is 14.3 Å². The first-order valence-corrected chi connectivity index (χ1v) is 12.3. The van der Waals surface area contributed by atoms with E-state index in [4.69, 9.17) is 0 Å². The van der Waals surface area contributed by atoms with Gasteiger partial charge < -0.3 is 0 Å². The number of nitrogens with zero attached hydrogens (tertiary/aromatic N) is 3. The molecule has 0 saturated carbocycles. The van der Waals surface area contributed by atoms with Gasteiger partial charge in [0, 0.05) is 23.2 Å². The molecule has 0 atom stereocenters. The standard InChI is InChI=1S/C23H21BrN4O5S/c24-20-8-12-22(13-9-20)34(32,33)27(15-14-18-4-2-1-3-5-18)17-23(29)26-25-16-19-6-10-21(11-7-19)28(30)31/h1-13,16H,14-15,17H2,(H,26,29)/b25-16-. The monoisotopic (exact) mass is 544 g/mol. The molecular formula is C23H21BrN4O5S. The number of sulfonamides is 1. The topological polar surface area (TPSA) is 122 Å². The van der Waals surface area contributed by atoms with Gasteiger partial charge in [0.1, 0.15) is 0 Å². The number of benzene rings is 3. The number of carbonyl (C=O) groups is 1. The summed E-state index contributed by atoms with van der Waals surface area (Å²) in [5.74, 6) is -0.619. The molecule has 0 spiro atoms. The molecule has 0 bridgehead atoms. The SMILES string of the molecule is O=C(CN(CCc1ccccc1)S(=O)(=O)c1ccc(Br)cc1)N/N=C\c1ccc([N+](=O)[O-])cc1. The van der Waals surface area contributed by atoms with E-state index in [0.29, 0.717) is 12.0 Å². The first-order chi connectivity index (χ1) is 16.3. The lowest BCUT2D eigenvalue weighted by molar-refractivity contribution is -0.384. The maximum atomic E-state index is 13.2. The van der Waals surface area contributed by atoms with Gasteiger partial charge in [-0.1, -0.05) is 46.3 Å². The molecular weight excluding hydrogens is 524 g/mol. The molecule has 3 aromatic rings. The first-order valence-electron chi connectivity index (χ1n) is 10.1. The van der Waals surface area contributed by atoms with Gasteiger partial charge in [-0.15, -0.1) is 0 Å². The third-order valence-corrected chi connectivity index (χ3v) is 7.16. The van der Waals surface area contributed by atoms with Crippen LogP contribution in [0, 0.1) is 10.1 Å². The summed E-state index contributed by atoms with van der Waals surface area (Å²) >= 11 is 3.29. The van der Waals surface area contributed by atoms with Crippen molar-refractivity contribution < 1.29 is 18.1 Å². The third kappa shape index (κ3) is 7.04. The molecule has 0 heterocycles. The smallest absolute Gasteiger partial charge is 0.269 e. The molecule has 0 radical (unpaired) electrons. The minimum absolute atomic E-state index is 0.0617. The zero-order chi connectivity index (χ0) is 24.6. The summed E-state index contributed by atoms with van der Waals surface area (Å²) in [6.45, 7) is -0.329. The van der Waals surface area contributed by atoms with Crippen LogP contribution in [0.25, 0.3) is 0 Å². The maximum Gasteiger partial charge on any atom is 0.269 e. The van der Waals surface area contributed by atoms with Gasteiger partial charge in [-0.2, -0.15) is 9.41 Å². The van der Waals surface area contributed by atoms with E-state index >= 15 is 0 Å². The predicted octanol–water partition coefficient (Wildman–Crippen LogP) is 3.74. The van der Waals surface area contributed by atoms with Crippen molar-refractivity contribution in [3.8, 4) is 0 Å². The molecule has 3 rings (SSSR count). The first kappa shape index (κ1) is 25.2. The molecule has 0 aliphatic rings. The van der Waals surface area contributed by atoms with Gasteiger partial charge in [0.25, 0.3) is 11.6 Å². The van der Waals surface area contributed by atoms with Crippen LogP contribution in [-0.4, -0.2) is 42.9 Å². The molecule has 34 heavy (non-hydrogen) atoms. The lowest BCUT2D eigenvalue weighted by Crippen LogP contribution is -2.40. The van der Waals surface area contributed by atoms with E-state index in [1.807, 2.05) is 30.3 Å². The van der Waals surface area contributed by atoms with E-state index in [-0.39, 0.29) is 17.1 Å². The molecule has 0 saturated heterocycles. The Morgan fingerprint density at radius 1 is 1.03 bits per heavy atom. The fourth-order valence-corrected chi connectivity index (χ4v) is 4.66. The molecule has 1 amide bonds. The number of amides is 1. The fourth-order valence-electron chi connectivity index (χ4n) is 2.99. The van der Waals surface area contributed by atoms with Crippen molar-refractivity contribution in [3.05, 3.63) is 105 Å². The van der Waals surface area contributed by atoms with Crippen LogP contribution in [0.5, 0.6) is 0 Å². The number of hydrogen-bond acceptors (Lipinski definition) is 6. The Morgan fingerprint density at radius 3 is 2.29 bits per heavy atom. The van der Waals surface area contributed by atoms with E-state index in [1.165, 1.54) is 42.6 Å². The van der Waals surface area contributed by atoms with Crippen LogP contribution in [-0.2, 0) is 21.2 Å². The average Bonchev–Trinajstić information content (AvgIpc) is 2.83. The highest BCUT2D eigenvalue weighted by Gasteiger charge is 2.26. The maximum absolute atomic E-state index is 13.2. The zero-order valence-corrected chi connectivity index (χ0v) is 20.3. The normalized spacial score (nSPS) is 11.6. The number of hydrogen-bond donors (Lipinski definition) is 1. The highest BCUT2D eigenvalue weighted by atomic mass is 79.9. The molecule has 0 aromatic heterocycles. The lowest BCUT2D eigenvalue weighted by Gasteiger charge is -2.21. The number of nitro benzene ring substituents is 1. The van der Waals surface area contributed by atoms with Crippen LogP contribution in [0.15, 0.2) is 93.3 Å². The van der Waals surface area contributed by atoms with Crippen molar-refractivity contribution >= 4 is 43.8 Å². The van der Waals surface area contributed by atoms with Crippen LogP contribution < -0.4 is 5.43 Å². The molecule has 176 valence electrons. The quantitative estimate of drug-likeness (QED) is 0.236. The number of non-ortho nitro benzene ring substituents is 1. The van der Waals surface area contributed by atoms with Gasteiger partial charge in [0.05, 0.1) is 22.6 Å². The minimum atomic E-state index is -3.94. The van der Waals surface area contributed by atoms with E-state index < -0.39 is 27.4 Å². The summed E-state index contributed by atoms with van der Waals surface area (Å²) in [6, 6.07) is 21.2. The zero-order valence-electron chi connectivity index (χ0n) is 17.9. The second kappa shape index (κ2) is 11.6. The van der Waals surface area contributed by atoms with Gasteiger partial charge in [0.15, 0.2) is 0 Å². The molecule has 11 heteroatoms. The van der Waals surface area contributed by atoms with Crippen molar-refractivity contribution in [2.75, 3.05) is 13.1 Å². The van der Waals surface area contributed by atoms with E-state index in [9.17, 15) is 23.3 Å². The van der Waals surface area contributed by atoms with Crippen LogP contribution in [0.1, 0.15) is 11.1 Å². The van der Waals surface area contributed by atoms with E-state index in [1.54, 1.807) is 12.1 Å². The minimum Gasteiger partial charge on any atom is -0.272 e. The second-order valence-corrected chi connectivity index (χ2v) is 10.0. The summed E-state index contributed by atoms with van der Waals surface area (Å²) < 4.78 is 28.3. The largest absolute Gasteiger partial charge is 0.272 e. The molecule has 0 unspecified atom stereocenters. The van der Waals surface area contributed by atoms with Crippen molar-refractivity contribution in [2.45, 2.75) is 11.3 Å². The number of nitro groups is 1. The summed E-state index contributed by atoms with van der Waals surface area (Å²) in [6.07, 6.45) is 1.75. The van der Waals surface area contributed by atoms with Gasteiger partial charge in [-0.05, 0) is 53.9 Å². The van der Waals surface area contributed by atoms with Crippen LogP contribution in [0.4, 0.5) is 5.69 Å². The number of carbonyl (C=O) groups excluding carboxylic acids is 1. The lowest BCUT2D eigenvalue weighted by atomic mass is 10.1. The Bertz CT molecular complexity index is 1260. The Balaban J connectivity index is 1.71. The molecule has 1 N–H and O–H groups in total. The summed E-state index contributed by atoms with van der Waals surface area (Å²) in [7, 11) is -3.94. The van der Waals surface area contributed by atoms with Gasteiger partial charge >= 0.3 is 0 Å². The fraction of sp³-hybridized carbons (Fsp3) is 0.130. The molecule has 9 nitrogen and oxygen atoms in total. The average molecular weight is 545 g/mol. The number of nitrogens with one attached hydrogen (secondary N) is 1. The summed E-state index contributed by atoms with van der Waals surface area (Å²) in [5, 5.41) is 14.6. The van der Waals surface area contributed by atoms with Gasteiger partial charge in [-0.25, -0.2) is 13.8 Å². The Labute approximate surface area is 205 Å². The number of halogens is 1. The van der Waals surface area contributed by atoms with Crippen molar-refractivity contribution in [2.24, 2.45) is 5.10 Å². The molecule has 0 aliphatic heterocycles. The highest BCUT2D eigenvalue weighted by molar-refractivity contribution is 9.10. The summed E-state index contributed by atoms with van der Waals surface area (Å²) in [4.78, 5) is 22.8. The van der Waals surface area contributed by atoms with Gasteiger partial charge in [0.2, 0.25) is 10.0 Å². The van der Waals surface area contributed by atoms with Crippen molar-refractivity contribution in [3.63, 3.8) is 0 Å². The van der Waals surface area contributed by atoms with Crippen molar-refractivity contribution in [1.29, 1.82) is 0 Å². The molecule has 3 aromatic carbocycles. The third-order valence-electron chi connectivity index (χ3n) is 4.77. The number of rotatable bonds is 10. The highest BCUT2D eigenvalue weighted by Crippen LogP contribution is 2.19. The summed E-state index contributed by atoms with van der Waals surface area (Å²) in [5.41, 5.74) is 3.73. The van der Waals surface area contributed by atoms with Crippen LogP contribution >= 0.6 is 15.9 Å². The Morgan fingerprint density at radius 2 is 1.68 bits per heavy atom. The predicted molar refractivity (Wildman–Crippen MR) is 132 cm³/mol. The molecule has 0 fully saturated rings. The van der Waals surface area contributed by atoms with E-state index in [2.05, 4.69) is 26.5 Å². The van der Waals surface area contributed by atoms with Crippen LogP contribution in [0.2, 0.25) is 0 Å². The van der Waals surface area contributed by atoms with Gasteiger partial charge in [-0.3, -0.25) is 14.9 Å². The Hall–Kier alpha value is -3.41. The van der Waals surface area contributed by atoms with Crippen LogP contribution in [0.3, 0.4) is 0 Å². The second-order valence-electron chi connectivity index (χ2n) is 7.17. The molecule has 0 aliphatic carbocycles.